The van der Waals surface area contributed by atoms with E-state index in [9.17, 15) is 0 Å². The molecule has 1 rings (SSSR count). The van der Waals surface area contributed by atoms with Crippen molar-refractivity contribution < 1.29 is 9.47 Å². The molecule has 0 aliphatic rings. The number of rotatable bonds is 5. The number of halogens is 2. The third-order valence-corrected chi connectivity index (χ3v) is 3.87. The lowest BCUT2D eigenvalue weighted by atomic mass is 9.81. The standard InChI is InChI=1S/C13H18BrClO2/c1-13(2,7-8-15)9-5-6-10(16-3)11(14)12(9)17-4/h5-6H,7-8H2,1-4H3. The molecule has 1 aromatic rings. The minimum absolute atomic E-state index is 0.0259. The predicted octanol–water partition coefficient (Wildman–Crippen LogP) is 4.37. The van der Waals surface area contributed by atoms with Gasteiger partial charge in [-0.3, -0.25) is 0 Å². The molecule has 0 atom stereocenters. The Hall–Kier alpha value is -0.410. The predicted molar refractivity (Wildman–Crippen MR) is 75.6 cm³/mol. The Labute approximate surface area is 116 Å². The van der Waals surface area contributed by atoms with Crippen LogP contribution in [-0.4, -0.2) is 20.1 Å². The molecular weight excluding hydrogens is 303 g/mol. The second-order valence-corrected chi connectivity index (χ2v) is 5.66. The van der Waals surface area contributed by atoms with E-state index in [4.69, 9.17) is 21.1 Å². The maximum Gasteiger partial charge on any atom is 0.140 e. The first-order chi connectivity index (χ1) is 7.97. The van der Waals surface area contributed by atoms with E-state index in [1.54, 1.807) is 14.2 Å². The Bertz CT molecular complexity index is 391. The van der Waals surface area contributed by atoms with Crippen molar-refractivity contribution in [1.29, 1.82) is 0 Å². The van der Waals surface area contributed by atoms with Gasteiger partial charge in [-0.15, -0.1) is 11.6 Å². The van der Waals surface area contributed by atoms with Gasteiger partial charge in [0.1, 0.15) is 16.0 Å². The van der Waals surface area contributed by atoms with E-state index in [0.29, 0.717) is 5.88 Å². The first-order valence-electron chi connectivity index (χ1n) is 5.45. The van der Waals surface area contributed by atoms with Crippen LogP contribution >= 0.6 is 27.5 Å². The van der Waals surface area contributed by atoms with Crippen LogP contribution in [0.25, 0.3) is 0 Å². The average molecular weight is 322 g/mol. The van der Waals surface area contributed by atoms with Gasteiger partial charge in [0.15, 0.2) is 0 Å². The molecule has 0 saturated heterocycles. The van der Waals surface area contributed by atoms with Crippen molar-refractivity contribution in [3.63, 3.8) is 0 Å². The minimum atomic E-state index is -0.0259. The van der Waals surface area contributed by atoms with E-state index in [1.807, 2.05) is 12.1 Å². The number of benzene rings is 1. The summed E-state index contributed by atoms with van der Waals surface area (Å²) in [6, 6.07) is 3.98. The second kappa shape index (κ2) is 5.96. The maximum absolute atomic E-state index is 5.85. The van der Waals surface area contributed by atoms with Crippen LogP contribution in [0.15, 0.2) is 16.6 Å². The number of hydrogen-bond donors (Lipinski definition) is 0. The van der Waals surface area contributed by atoms with Gasteiger partial charge in [0.05, 0.1) is 14.2 Å². The van der Waals surface area contributed by atoms with Gasteiger partial charge >= 0.3 is 0 Å². The summed E-state index contributed by atoms with van der Waals surface area (Å²) < 4.78 is 11.6. The molecule has 0 aliphatic carbocycles. The quantitative estimate of drug-likeness (QED) is 0.750. The lowest BCUT2D eigenvalue weighted by Gasteiger charge is -2.27. The molecule has 2 nitrogen and oxygen atoms in total. The van der Waals surface area contributed by atoms with Crippen LogP contribution in [0, 0.1) is 0 Å². The first-order valence-corrected chi connectivity index (χ1v) is 6.77. The Morgan fingerprint density at radius 1 is 1.24 bits per heavy atom. The van der Waals surface area contributed by atoms with Crippen molar-refractivity contribution in [2.75, 3.05) is 20.1 Å². The van der Waals surface area contributed by atoms with Crippen LogP contribution in [0.3, 0.4) is 0 Å². The van der Waals surface area contributed by atoms with E-state index in [2.05, 4.69) is 29.8 Å². The van der Waals surface area contributed by atoms with Crippen molar-refractivity contribution >= 4 is 27.5 Å². The third kappa shape index (κ3) is 3.08. The molecule has 0 spiro atoms. The van der Waals surface area contributed by atoms with Gasteiger partial charge in [-0.1, -0.05) is 19.9 Å². The Morgan fingerprint density at radius 3 is 2.35 bits per heavy atom. The van der Waals surface area contributed by atoms with Crippen LogP contribution in [0.5, 0.6) is 11.5 Å². The van der Waals surface area contributed by atoms with Gasteiger partial charge in [-0.05, 0) is 33.8 Å². The van der Waals surface area contributed by atoms with Gasteiger partial charge in [-0.25, -0.2) is 0 Å². The molecule has 96 valence electrons. The molecule has 1 aromatic carbocycles. The van der Waals surface area contributed by atoms with Gasteiger partial charge in [0.25, 0.3) is 0 Å². The molecule has 4 heteroatoms. The summed E-state index contributed by atoms with van der Waals surface area (Å²) in [5.41, 5.74) is 1.11. The molecule has 0 fully saturated rings. The highest BCUT2D eigenvalue weighted by Crippen LogP contribution is 2.43. The molecule has 0 N–H and O–H groups in total. The Morgan fingerprint density at radius 2 is 1.88 bits per heavy atom. The molecule has 0 saturated carbocycles. The van der Waals surface area contributed by atoms with Gasteiger partial charge in [-0.2, -0.15) is 0 Å². The van der Waals surface area contributed by atoms with Crippen molar-refractivity contribution in [2.24, 2.45) is 0 Å². The summed E-state index contributed by atoms with van der Waals surface area (Å²) in [7, 11) is 3.31. The zero-order chi connectivity index (χ0) is 13.1. The number of ether oxygens (including phenoxy) is 2. The fourth-order valence-electron chi connectivity index (χ4n) is 1.80. The number of methoxy groups -OCH3 is 2. The van der Waals surface area contributed by atoms with Gasteiger partial charge in [0.2, 0.25) is 0 Å². The lowest BCUT2D eigenvalue weighted by Crippen LogP contribution is -2.19. The van der Waals surface area contributed by atoms with Crippen molar-refractivity contribution in [3.05, 3.63) is 22.2 Å². The van der Waals surface area contributed by atoms with Gasteiger partial charge in [0, 0.05) is 11.4 Å². The van der Waals surface area contributed by atoms with E-state index in [0.717, 1.165) is 28.0 Å². The molecule has 17 heavy (non-hydrogen) atoms. The van der Waals surface area contributed by atoms with E-state index < -0.39 is 0 Å². The summed E-state index contributed by atoms with van der Waals surface area (Å²) in [5, 5.41) is 0. The third-order valence-electron chi connectivity index (χ3n) is 2.93. The Balaban J connectivity index is 3.30. The SMILES string of the molecule is COc1ccc(C(C)(C)CCCl)c(OC)c1Br. The summed E-state index contributed by atoms with van der Waals surface area (Å²) in [5.74, 6) is 2.21. The minimum Gasteiger partial charge on any atom is -0.495 e. The second-order valence-electron chi connectivity index (χ2n) is 4.49. The zero-order valence-electron chi connectivity index (χ0n) is 10.6. The molecule has 0 amide bonds. The highest BCUT2D eigenvalue weighted by atomic mass is 79.9. The van der Waals surface area contributed by atoms with E-state index in [-0.39, 0.29) is 5.41 Å². The molecule has 0 bridgehead atoms. The lowest BCUT2D eigenvalue weighted by molar-refractivity contribution is 0.373. The highest BCUT2D eigenvalue weighted by molar-refractivity contribution is 9.10. The largest absolute Gasteiger partial charge is 0.495 e. The molecule has 0 aliphatic heterocycles. The zero-order valence-corrected chi connectivity index (χ0v) is 13.0. The first kappa shape index (κ1) is 14.7. The molecule has 0 aromatic heterocycles. The van der Waals surface area contributed by atoms with Gasteiger partial charge < -0.3 is 9.47 Å². The summed E-state index contributed by atoms with van der Waals surface area (Å²) in [6.45, 7) is 4.32. The summed E-state index contributed by atoms with van der Waals surface area (Å²) in [6.07, 6.45) is 0.893. The monoisotopic (exact) mass is 320 g/mol. The fourth-order valence-corrected chi connectivity index (χ4v) is 2.94. The van der Waals surface area contributed by atoms with Crippen LogP contribution in [0.1, 0.15) is 25.8 Å². The molecule has 0 radical (unpaired) electrons. The molecular formula is C13H18BrClO2. The van der Waals surface area contributed by atoms with Crippen molar-refractivity contribution in [1.82, 2.24) is 0 Å². The smallest absolute Gasteiger partial charge is 0.140 e. The fraction of sp³-hybridized carbons (Fsp3) is 0.538. The number of hydrogen-bond acceptors (Lipinski definition) is 2. The van der Waals surface area contributed by atoms with Crippen LogP contribution in [0.4, 0.5) is 0 Å². The van der Waals surface area contributed by atoms with Crippen LogP contribution in [0.2, 0.25) is 0 Å². The van der Waals surface area contributed by atoms with Crippen molar-refractivity contribution in [3.8, 4) is 11.5 Å². The molecule has 0 unspecified atom stereocenters. The summed E-state index contributed by atoms with van der Waals surface area (Å²) in [4.78, 5) is 0. The number of alkyl halides is 1. The van der Waals surface area contributed by atoms with Crippen LogP contribution < -0.4 is 9.47 Å². The van der Waals surface area contributed by atoms with Crippen molar-refractivity contribution in [2.45, 2.75) is 25.7 Å². The van der Waals surface area contributed by atoms with E-state index >= 15 is 0 Å². The van der Waals surface area contributed by atoms with Crippen LogP contribution in [-0.2, 0) is 5.41 Å². The summed E-state index contributed by atoms with van der Waals surface area (Å²) >= 11 is 9.37. The average Bonchev–Trinajstić information content (AvgIpc) is 2.28. The normalized spacial score (nSPS) is 11.4. The van der Waals surface area contributed by atoms with E-state index in [1.165, 1.54) is 0 Å². The maximum atomic E-state index is 5.85. The highest BCUT2D eigenvalue weighted by Gasteiger charge is 2.26. The molecule has 0 heterocycles. The topological polar surface area (TPSA) is 18.5 Å². The Kier molecular flexibility index (Phi) is 5.14.